The number of fused-ring (bicyclic) bond motifs is 2. The number of hydrogen-bond acceptors (Lipinski definition) is 9. The molecular weight excluding hydrogens is 422 g/mol. The molecule has 4 aliphatic heterocycles. The first-order valence-corrected chi connectivity index (χ1v) is 11.4. The number of hydroxylamine groups is 3. The second-order valence-corrected chi connectivity index (χ2v) is 8.93. The highest BCUT2D eigenvalue weighted by Crippen LogP contribution is 2.30. The van der Waals surface area contributed by atoms with Crippen molar-refractivity contribution in [2.75, 3.05) is 46.0 Å². The normalized spacial score (nSPS) is 32.6. The van der Waals surface area contributed by atoms with Crippen molar-refractivity contribution in [2.45, 2.75) is 43.4 Å². The second-order valence-electron chi connectivity index (χ2n) is 7.93. The van der Waals surface area contributed by atoms with E-state index in [0.717, 1.165) is 39.3 Å². The van der Waals surface area contributed by atoms with Crippen LogP contribution in [0.15, 0.2) is 0 Å². The Morgan fingerprint density at radius 2 is 2.03 bits per heavy atom. The highest BCUT2D eigenvalue weighted by molar-refractivity contribution is 7.80. The molecular formula is C16H27N5O8S. The van der Waals surface area contributed by atoms with Gasteiger partial charge in [-0.05, 0) is 19.3 Å². The number of carbonyl (C=O) groups is 2. The van der Waals surface area contributed by atoms with Crippen molar-refractivity contribution in [1.29, 1.82) is 0 Å². The minimum absolute atomic E-state index is 0.112. The van der Waals surface area contributed by atoms with E-state index in [1.807, 2.05) is 0 Å². The molecule has 4 atom stereocenters. The molecule has 3 amide bonds. The zero-order valence-corrected chi connectivity index (χ0v) is 17.3. The van der Waals surface area contributed by atoms with Crippen LogP contribution < -0.4 is 10.8 Å². The molecule has 30 heavy (non-hydrogen) atoms. The molecule has 14 heteroatoms. The molecule has 0 unspecified atom stereocenters. The van der Waals surface area contributed by atoms with Crippen LogP contribution in [0.5, 0.6) is 0 Å². The second kappa shape index (κ2) is 8.90. The van der Waals surface area contributed by atoms with E-state index in [1.54, 1.807) is 0 Å². The summed E-state index contributed by atoms with van der Waals surface area (Å²) in [5, 5.41) is 4.00. The van der Waals surface area contributed by atoms with Gasteiger partial charge in [-0.2, -0.15) is 13.5 Å². The molecule has 0 radical (unpaired) electrons. The van der Waals surface area contributed by atoms with Gasteiger partial charge < -0.3 is 15.0 Å². The van der Waals surface area contributed by atoms with Gasteiger partial charge >= 0.3 is 16.4 Å². The van der Waals surface area contributed by atoms with Gasteiger partial charge in [-0.25, -0.2) is 10.3 Å². The maximum absolute atomic E-state index is 12.5. The fourth-order valence-electron chi connectivity index (χ4n) is 4.53. The van der Waals surface area contributed by atoms with Gasteiger partial charge in [-0.3, -0.25) is 19.1 Å². The number of piperidine rings is 1. The molecule has 2 bridgehead atoms. The van der Waals surface area contributed by atoms with Gasteiger partial charge in [0.05, 0.1) is 25.9 Å². The first kappa shape index (κ1) is 21.7. The van der Waals surface area contributed by atoms with Gasteiger partial charge in [0.2, 0.25) is 0 Å². The molecule has 4 aliphatic rings. The topological polar surface area (TPSA) is 150 Å². The lowest BCUT2D eigenvalue weighted by molar-refractivity contribution is -0.139. The van der Waals surface area contributed by atoms with Gasteiger partial charge in [0.25, 0.3) is 5.91 Å². The largest absolute Gasteiger partial charge is 0.418 e. The first-order valence-electron chi connectivity index (χ1n) is 10.1. The Morgan fingerprint density at radius 3 is 2.77 bits per heavy atom. The zero-order chi connectivity index (χ0) is 21.3. The zero-order valence-electron chi connectivity index (χ0n) is 16.4. The summed E-state index contributed by atoms with van der Waals surface area (Å²) in [5.74, 6) is -0.474. The fourth-order valence-corrected chi connectivity index (χ4v) is 4.92. The first-order chi connectivity index (χ1) is 14.3. The van der Waals surface area contributed by atoms with Crippen LogP contribution in [0.2, 0.25) is 0 Å². The number of morpholine rings is 1. The van der Waals surface area contributed by atoms with Crippen molar-refractivity contribution < 1.29 is 36.4 Å². The molecule has 0 spiro atoms. The summed E-state index contributed by atoms with van der Waals surface area (Å²) in [4.78, 5) is 33.9. The van der Waals surface area contributed by atoms with E-state index >= 15 is 0 Å². The summed E-state index contributed by atoms with van der Waals surface area (Å²) in [7, 11) is -4.82. The summed E-state index contributed by atoms with van der Waals surface area (Å²) >= 11 is 0. The fraction of sp³-hybridized carbons (Fsp3) is 0.875. The van der Waals surface area contributed by atoms with Crippen molar-refractivity contribution in [3.8, 4) is 0 Å². The van der Waals surface area contributed by atoms with Gasteiger partial charge in [0.1, 0.15) is 6.04 Å². The summed E-state index contributed by atoms with van der Waals surface area (Å²) in [5.41, 5.74) is 2.41. The van der Waals surface area contributed by atoms with Crippen molar-refractivity contribution in [3.05, 3.63) is 0 Å². The third kappa shape index (κ3) is 4.85. The van der Waals surface area contributed by atoms with Crippen molar-refractivity contribution in [1.82, 2.24) is 25.7 Å². The molecule has 0 aromatic heterocycles. The molecule has 0 saturated carbocycles. The number of rotatable bonds is 7. The van der Waals surface area contributed by atoms with Crippen LogP contribution in [0, 0.1) is 0 Å². The quantitative estimate of drug-likeness (QED) is 0.297. The minimum Gasteiger partial charge on any atom is -0.379 e. The van der Waals surface area contributed by atoms with Gasteiger partial charge in [-0.1, -0.05) is 0 Å². The van der Waals surface area contributed by atoms with E-state index in [4.69, 9.17) is 14.1 Å². The lowest BCUT2D eigenvalue weighted by Crippen LogP contribution is -2.50. The molecule has 0 aromatic carbocycles. The molecule has 0 aromatic rings. The average molecular weight is 449 g/mol. The van der Waals surface area contributed by atoms with E-state index < -0.39 is 34.4 Å². The molecule has 4 saturated heterocycles. The number of nitrogens with one attached hydrogen (secondary N) is 2. The van der Waals surface area contributed by atoms with Gasteiger partial charge in [0, 0.05) is 38.3 Å². The summed E-state index contributed by atoms with van der Waals surface area (Å²) in [6.45, 7) is 4.63. The van der Waals surface area contributed by atoms with E-state index in [-0.39, 0.29) is 12.6 Å². The Morgan fingerprint density at radius 1 is 1.27 bits per heavy atom. The minimum atomic E-state index is -4.82. The number of urea groups is 1. The number of nitrogens with zero attached hydrogens (tertiary/aromatic N) is 3. The summed E-state index contributed by atoms with van der Waals surface area (Å²) < 4.78 is 40.4. The maximum atomic E-state index is 12.5. The monoisotopic (exact) mass is 449 g/mol. The molecule has 3 N–H and O–H groups in total. The van der Waals surface area contributed by atoms with Crippen LogP contribution in [-0.4, -0.2) is 110 Å². The predicted molar refractivity (Wildman–Crippen MR) is 100 cm³/mol. The maximum Gasteiger partial charge on any atom is 0.418 e. The van der Waals surface area contributed by atoms with Crippen LogP contribution in [0.25, 0.3) is 0 Å². The molecule has 0 aliphatic carbocycles. The van der Waals surface area contributed by atoms with E-state index in [2.05, 4.69) is 20.0 Å². The summed E-state index contributed by atoms with van der Waals surface area (Å²) in [6, 6.07) is -1.57. The molecule has 4 heterocycles. The number of ether oxygens (including phenoxy) is 1. The molecule has 170 valence electrons. The van der Waals surface area contributed by atoms with E-state index in [1.165, 1.54) is 4.90 Å². The number of amides is 3. The standard InChI is InChI=1S/C16H27N5O8S/c22-15(14-2-1-12-9-20(14)16(23)21(12)29-30(24,25)26)18-28-10-11-7-13(8-17-11)19-3-5-27-6-4-19/h11-14,17H,1-10H2,(H,18,22)(H,24,25,26)/t11-,12-,13-,14+/m1/s1. The SMILES string of the molecule is O=C(NOC[C@H]1C[C@@H](N2CCOCC2)CN1)[C@@H]1CC[C@@H]2CN1C(=O)N2OS(=O)(=O)O. The van der Waals surface area contributed by atoms with Crippen LogP contribution in [0.4, 0.5) is 4.79 Å². The average Bonchev–Trinajstić information content (AvgIpc) is 3.27. The number of carbonyl (C=O) groups excluding carboxylic acids is 2. The lowest BCUT2D eigenvalue weighted by atomic mass is 10.0. The molecule has 13 nitrogen and oxygen atoms in total. The predicted octanol–water partition coefficient (Wildman–Crippen LogP) is -1.90. The van der Waals surface area contributed by atoms with Gasteiger partial charge in [-0.15, -0.1) is 4.28 Å². The summed E-state index contributed by atoms with van der Waals surface area (Å²) in [6.07, 6.45) is 1.60. The molecule has 4 fully saturated rings. The third-order valence-corrected chi connectivity index (χ3v) is 6.37. The van der Waals surface area contributed by atoms with Crippen molar-refractivity contribution in [2.24, 2.45) is 0 Å². The Kier molecular flexibility index (Phi) is 6.43. The van der Waals surface area contributed by atoms with Crippen LogP contribution >= 0.6 is 0 Å². The third-order valence-electron chi connectivity index (χ3n) is 6.02. The van der Waals surface area contributed by atoms with Crippen molar-refractivity contribution >= 4 is 22.3 Å². The Labute approximate surface area is 174 Å². The van der Waals surface area contributed by atoms with E-state index in [0.29, 0.717) is 30.6 Å². The highest BCUT2D eigenvalue weighted by Gasteiger charge is 2.49. The van der Waals surface area contributed by atoms with Crippen LogP contribution in [0.1, 0.15) is 19.3 Å². The Bertz CT molecular complexity index is 761. The van der Waals surface area contributed by atoms with Gasteiger partial charge in [0.15, 0.2) is 0 Å². The van der Waals surface area contributed by atoms with Crippen molar-refractivity contribution in [3.63, 3.8) is 0 Å². The Hall–Kier alpha value is -1.55. The smallest absolute Gasteiger partial charge is 0.379 e. The van der Waals surface area contributed by atoms with E-state index in [9.17, 15) is 18.0 Å². The van der Waals surface area contributed by atoms with Crippen LogP contribution in [-0.2, 0) is 29.1 Å². The lowest BCUT2D eigenvalue weighted by Gasteiger charge is -2.31. The Balaban J connectivity index is 1.22. The highest BCUT2D eigenvalue weighted by atomic mass is 32.3. The number of hydrogen-bond donors (Lipinski definition) is 3. The molecule has 4 rings (SSSR count). The van der Waals surface area contributed by atoms with Crippen LogP contribution in [0.3, 0.4) is 0 Å².